The van der Waals surface area contributed by atoms with Crippen molar-refractivity contribution >= 4 is 0 Å². The van der Waals surface area contributed by atoms with Gasteiger partial charge in [-0.05, 0) is 80.5 Å². The SMILES string of the molecule is CCC1CC(N)CCC1C1(C2CCC(N)CC2CC)CCCCC1. The molecule has 0 saturated heterocycles. The Balaban J connectivity index is 1.89. The molecule has 3 rings (SSSR count). The van der Waals surface area contributed by atoms with Gasteiger partial charge in [0.1, 0.15) is 0 Å². The molecule has 24 heavy (non-hydrogen) atoms. The van der Waals surface area contributed by atoms with E-state index in [0.29, 0.717) is 17.5 Å². The van der Waals surface area contributed by atoms with Crippen LogP contribution in [0.4, 0.5) is 0 Å². The molecular weight excluding hydrogens is 292 g/mol. The van der Waals surface area contributed by atoms with Crippen molar-refractivity contribution < 1.29 is 0 Å². The van der Waals surface area contributed by atoms with E-state index in [1.165, 1.54) is 83.5 Å². The van der Waals surface area contributed by atoms with Gasteiger partial charge < -0.3 is 11.5 Å². The molecule has 3 saturated carbocycles. The highest BCUT2D eigenvalue weighted by Gasteiger charge is 2.51. The van der Waals surface area contributed by atoms with E-state index in [9.17, 15) is 0 Å². The minimum Gasteiger partial charge on any atom is -0.328 e. The van der Waals surface area contributed by atoms with Crippen LogP contribution in [0.2, 0.25) is 0 Å². The zero-order chi connectivity index (χ0) is 17.2. The Kier molecular flexibility index (Phi) is 6.30. The molecule has 0 aliphatic heterocycles. The van der Waals surface area contributed by atoms with Crippen molar-refractivity contribution in [2.45, 2.75) is 109 Å². The van der Waals surface area contributed by atoms with Crippen molar-refractivity contribution in [2.75, 3.05) is 0 Å². The molecule has 3 fully saturated rings. The fourth-order valence-electron chi connectivity index (χ4n) is 7.24. The van der Waals surface area contributed by atoms with E-state index in [1.807, 2.05) is 0 Å². The first-order chi connectivity index (χ1) is 11.6. The maximum atomic E-state index is 6.37. The van der Waals surface area contributed by atoms with Crippen molar-refractivity contribution in [1.82, 2.24) is 0 Å². The number of rotatable bonds is 4. The molecule has 0 heterocycles. The molecule has 0 spiro atoms. The summed E-state index contributed by atoms with van der Waals surface area (Å²) in [5.41, 5.74) is 13.4. The van der Waals surface area contributed by atoms with Gasteiger partial charge in [0.05, 0.1) is 0 Å². The van der Waals surface area contributed by atoms with Gasteiger partial charge in [0.25, 0.3) is 0 Å². The van der Waals surface area contributed by atoms with Crippen LogP contribution in [0.1, 0.15) is 97.3 Å². The molecule has 140 valence electrons. The summed E-state index contributed by atoms with van der Waals surface area (Å²) in [6.45, 7) is 4.83. The van der Waals surface area contributed by atoms with Crippen molar-refractivity contribution in [2.24, 2.45) is 40.6 Å². The van der Waals surface area contributed by atoms with Gasteiger partial charge in [-0.15, -0.1) is 0 Å². The molecule has 0 bridgehead atoms. The molecule has 4 N–H and O–H groups in total. The maximum Gasteiger partial charge on any atom is 0.00416 e. The predicted molar refractivity (Wildman–Crippen MR) is 104 cm³/mol. The first-order valence-corrected chi connectivity index (χ1v) is 11.1. The van der Waals surface area contributed by atoms with E-state index in [0.717, 1.165) is 23.7 Å². The van der Waals surface area contributed by atoms with Crippen molar-refractivity contribution in [1.29, 1.82) is 0 Å². The van der Waals surface area contributed by atoms with Crippen LogP contribution in [0.5, 0.6) is 0 Å². The van der Waals surface area contributed by atoms with Gasteiger partial charge in [0.15, 0.2) is 0 Å². The van der Waals surface area contributed by atoms with E-state index in [4.69, 9.17) is 11.5 Å². The molecule has 6 unspecified atom stereocenters. The lowest BCUT2D eigenvalue weighted by Crippen LogP contribution is -2.51. The number of nitrogens with two attached hydrogens (primary N) is 2. The van der Waals surface area contributed by atoms with Gasteiger partial charge >= 0.3 is 0 Å². The van der Waals surface area contributed by atoms with Crippen LogP contribution in [0.25, 0.3) is 0 Å². The van der Waals surface area contributed by atoms with Crippen LogP contribution in [-0.2, 0) is 0 Å². The summed E-state index contributed by atoms with van der Waals surface area (Å²) in [7, 11) is 0. The smallest absolute Gasteiger partial charge is 0.00416 e. The highest BCUT2D eigenvalue weighted by molar-refractivity contribution is 5.02. The molecule has 0 aromatic heterocycles. The molecule has 0 amide bonds. The topological polar surface area (TPSA) is 52.0 Å². The van der Waals surface area contributed by atoms with E-state index >= 15 is 0 Å². The van der Waals surface area contributed by atoms with Crippen molar-refractivity contribution in [3.63, 3.8) is 0 Å². The third-order valence-corrected chi connectivity index (χ3v) is 8.36. The van der Waals surface area contributed by atoms with E-state index in [1.54, 1.807) is 0 Å². The fraction of sp³-hybridized carbons (Fsp3) is 1.00. The Hall–Kier alpha value is -0.0800. The first-order valence-electron chi connectivity index (χ1n) is 11.1. The van der Waals surface area contributed by atoms with Crippen molar-refractivity contribution in [3.05, 3.63) is 0 Å². The Labute approximate surface area is 150 Å². The average molecular weight is 335 g/mol. The molecule has 3 aliphatic carbocycles. The third-order valence-electron chi connectivity index (χ3n) is 8.36. The lowest BCUT2D eigenvalue weighted by Gasteiger charge is -2.57. The predicted octanol–water partition coefficient (Wildman–Crippen LogP) is 5.24. The van der Waals surface area contributed by atoms with Crippen LogP contribution in [0, 0.1) is 29.1 Å². The lowest BCUT2D eigenvalue weighted by atomic mass is 9.48. The summed E-state index contributed by atoms with van der Waals surface area (Å²) in [6.07, 6.45) is 18.0. The van der Waals surface area contributed by atoms with Gasteiger partial charge in [-0.2, -0.15) is 0 Å². The maximum absolute atomic E-state index is 6.37. The zero-order valence-corrected chi connectivity index (χ0v) is 16.3. The largest absolute Gasteiger partial charge is 0.328 e. The molecule has 6 atom stereocenters. The minimum atomic E-state index is 0.466. The fourth-order valence-corrected chi connectivity index (χ4v) is 7.24. The van der Waals surface area contributed by atoms with Gasteiger partial charge in [-0.3, -0.25) is 0 Å². The third kappa shape index (κ3) is 3.56. The van der Waals surface area contributed by atoms with E-state index in [2.05, 4.69) is 13.8 Å². The normalized spacial score (nSPS) is 43.5. The summed E-state index contributed by atoms with van der Waals surface area (Å²) in [4.78, 5) is 0. The number of hydrogen-bond donors (Lipinski definition) is 2. The van der Waals surface area contributed by atoms with Gasteiger partial charge in [-0.25, -0.2) is 0 Å². The highest BCUT2D eigenvalue weighted by atomic mass is 14.7. The minimum absolute atomic E-state index is 0.466. The molecule has 0 radical (unpaired) electrons. The molecule has 0 aromatic carbocycles. The summed E-state index contributed by atoms with van der Waals surface area (Å²) in [5.74, 6) is 3.63. The summed E-state index contributed by atoms with van der Waals surface area (Å²) in [5, 5.41) is 0. The van der Waals surface area contributed by atoms with Crippen LogP contribution in [0.3, 0.4) is 0 Å². The zero-order valence-electron chi connectivity index (χ0n) is 16.3. The second-order valence-electron chi connectivity index (χ2n) is 9.49. The summed E-state index contributed by atoms with van der Waals surface area (Å²) < 4.78 is 0. The van der Waals surface area contributed by atoms with E-state index < -0.39 is 0 Å². The Bertz CT molecular complexity index is 357. The second-order valence-corrected chi connectivity index (χ2v) is 9.49. The van der Waals surface area contributed by atoms with Gasteiger partial charge in [-0.1, -0.05) is 46.0 Å². The summed E-state index contributed by atoms with van der Waals surface area (Å²) >= 11 is 0. The average Bonchev–Trinajstić information content (AvgIpc) is 2.61. The molecule has 0 aromatic rings. The Morgan fingerprint density at radius 2 is 1.17 bits per heavy atom. The van der Waals surface area contributed by atoms with Crippen molar-refractivity contribution in [3.8, 4) is 0 Å². The standard InChI is InChI=1S/C22H42N2/c1-3-16-14-18(23)8-10-20(16)22(12-6-5-7-13-22)21-11-9-19(24)15-17(21)4-2/h16-21H,3-15,23-24H2,1-2H3. The van der Waals surface area contributed by atoms with Crippen LogP contribution < -0.4 is 11.5 Å². The second kappa shape index (κ2) is 8.08. The Morgan fingerprint density at radius 3 is 1.58 bits per heavy atom. The quantitative estimate of drug-likeness (QED) is 0.738. The van der Waals surface area contributed by atoms with Crippen LogP contribution in [0.15, 0.2) is 0 Å². The van der Waals surface area contributed by atoms with Gasteiger partial charge in [0, 0.05) is 12.1 Å². The van der Waals surface area contributed by atoms with Gasteiger partial charge in [0.2, 0.25) is 0 Å². The Morgan fingerprint density at radius 1 is 0.708 bits per heavy atom. The molecule has 2 heteroatoms. The molecule has 3 aliphatic rings. The molecular formula is C22H42N2. The lowest BCUT2D eigenvalue weighted by molar-refractivity contribution is -0.0686. The highest BCUT2D eigenvalue weighted by Crippen LogP contribution is 2.59. The monoisotopic (exact) mass is 334 g/mol. The first kappa shape index (κ1) is 18.7. The van der Waals surface area contributed by atoms with Crippen LogP contribution >= 0.6 is 0 Å². The van der Waals surface area contributed by atoms with Crippen LogP contribution in [-0.4, -0.2) is 12.1 Å². The molecule has 2 nitrogen and oxygen atoms in total. The number of hydrogen-bond acceptors (Lipinski definition) is 2. The van der Waals surface area contributed by atoms with E-state index in [-0.39, 0.29) is 0 Å². The summed E-state index contributed by atoms with van der Waals surface area (Å²) in [6, 6.07) is 0.933.